The van der Waals surface area contributed by atoms with Gasteiger partial charge in [-0.3, -0.25) is 14.3 Å². The zero-order valence-corrected chi connectivity index (χ0v) is 16.7. The number of aryl methyl sites for hydroxylation is 2. The highest BCUT2D eigenvalue weighted by molar-refractivity contribution is 5.15. The van der Waals surface area contributed by atoms with Gasteiger partial charge in [0.05, 0.1) is 24.3 Å². The van der Waals surface area contributed by atoms with Crippen LogP contribution in [-0.2, 0) is 31.3 Å². The van der Waals surface area contributed by atoms with Crippen LogP contribution in [0.4, 0.5) is 0 Å². The smallest absolute Gasteiger partial charge is 0.253 e. The minimum Gasteiger partial charge on any atom is -0.444 e. The molecule has 1 aliphatic heterocycles. The summed E-state index contributed by atoms with van der Waals surface area (Å²) in [5, 5.41) is 0. The maximum atomic E-state index is 12.4. The van der Waals surface area contributed by atoms with Crippen molar-refractivity contribution >= 4 is 0 Å². The topological polar surface area (TPSA) is 64.2 Å². The summed E-state index contributed by atoms with van der Waals surface area (Å²) < 4.78 is 7.67. The number of nitrogens with zero attached hydrogens (tertiary/aromatic N) is 4. The molecule has 146 valence electrons. The fourth-order valence-electron chi connectivity index (χ4n) is 4.08. The monoisotopic (exact) mass is 370 g/mol. The first kappa shape index (κ1) is 18.4. The number of piperidine rings is 1. The van der Waals surface area contributed by atoms with E-state index in [0.29, 0.717) is 5.92 Å². The summed E-state index contributed by atoms with van der Waals surface area (Å²) in [5.74, 6) is 2.50. The fourth-order valence-corrected chi connectivity index (χ4v) is 4.08. The van der Waals surface area contributed by atoms with Gasteiger partial charge in [0.1, 0.15) is 5.76 Å². The van der Waals surface area contributed by atoms with Crippen molar-refractivity contribution in [3.05, 3.63) is 45.8 Å². The zero-order valence-electron chi connectivity index (χ0n) is 16.7. The molecule has 0 aromatic carbocycles. The predicted molar refractivity (Wildman–Crippen MR) is 104 cm³/mol. The van der Waals surface area contributed by atoms with Gasteiger partial charge in [-0.2, -0.15) is 0 Å². The second-order valence-corrected chi connectivity index (χ2v) is 9.07. The molecule has 0 atom stereocenters. The van der Waals surface area contributed by atoms with Crippen molar-refractivity contribution in [2.24, 2.45) is 5.92 Å². The molecular formula is C21H30N4O2. The molecule has 1 saturated heterocycles. The molecule has 1 fully saturated rings. The van der Waals surface area contributed by atoms with Crippen LogP contribution in [-0.4, -0.2) is 32.5 Å². The van der Waals surface area contributed by atoms with Crippen molar-refractivity contribution in [1.82, 2.24) is 19.4 Å². The van der Waals surface area contributed by atoms with Crippen LogP contribution in [0.2, 0.25) is 0 Å². The number of rotatable bonds is 4. The fraction of sp³-hybridized carbons (Fsp3) is 0.667. The van der Waals surface area contributed by atoms with Crippen molar-refractivity contribution < 1.29 is 4.42 Å². The SMILES string of the molecule is CC(C)(C)c1cc(=O)n(CC2CCN(Cc3nc4c(o3)CCC4)CC2)cn1. The Morgan fingerprint density at radius 2 is 2.00 bits per heavy atom. The van der Waals surface area contributed by atoms with Crippen molar-refractivity contribution in [3.63, 3.8) is 0 Å². The lowest BCUT2D eigenvalue weighted by Gasteiger charge is -2.31. The molecule has 6 nitrogen and oxygen atoms in total. The Morgan fingerprint density at radius 1 is 1.22 bits per heavy atom. The summed E-state index contributed by atoms with van der Waals surface area (Å²) in [6.07, 6.45) is 7.20. The molecule has 3 heterocycles. The second-order valence-electron chi connectivity index (χ2n) is 9.07. The van der Waals surface area contributed by atoms with Crippen molar-refractivity contribution in [2.75, 3.05) is 13.1 Å². The van der Waals surface area contributed by atoms with Gasteiger partial charge in [0.15, 0.2) is 0 Å². The van der Waals surface area contributed by atoms with E-state index in [2.05, 4.69) is 35.6 Å². The minimum absolute atomic E-state index is 0.0617. The quantitative estimate of drug-likeness (QED) is 0.828. The second kappa shape index (κ2) is 7.23. The van der Waals surface area contributed by atoms with Gasteiger partial charge in [0, 0.05) is 24.4 Å². The Balaban J connectivity index is 1.31. The van der Waals surface area contributed by atoms with Gasteiger partial charge in [0.2, 0.25) is 5.89 Å². The highest BCUT2D eigenvalue weighted by Gasteiger charge is 2.24. The van der Waals surface area contributed by atoms with Crippen molar-refractivity contribution in [1.29, 1.82) is 0 Å². The van der Waals surface area contributed by atoms with E-state index in [0.717, 1.165) is 69.2 Å². The average Bonchev–Trinajstić information content (AvgIpc) is 3.19. The molecular weight excluding hydrogens is 340 g/mol. The lowest BCUT2D eigenvalue weighted by atomic mass is 9.92. The normalized spacial score (nSPS) is 18.8. The zero-order chi connectivity index (χ0) is 19.0. The summed E-state index contributed by atoms with van der Waals surface area (Å²) in [5.41, 5.74) is 2.00. The van der Waals surface area contributed by atoms with Crippen LogP contribution < -0.4 is 5.56 Å². The molecule has 0 unspecified atom stereocenters. The van der Waals surface area contributed by atoms with Gasteiger partial charge < -0.3 is 4.42 Å². The number of likely N-dealkylation sites (tertiary alicyclic amines) is 1. The van der Waals surface area contributed by atoms with Gasteiger partial charge >= 0.3 is 0 Å². The minimum atomic E-state index is -0.0936. The molecule has 2 aromatic heterocycles. The number of aromatic nitrogens is 3. The number of hydrogen-bond donors (Lipinski definition) is 0. The lowest BCUT2D eigenvalue weighted by molar-refractivity contribution is 0.153. The maximum absolute atomic E-state index is 12.4. The van der Waals surface area contributed by atoms with Gasteiger partial charge in [-0.05, 0) is 44.7 Å². The van der Waals surface area contributed by atoms with Gasteiger partial charge in [-0.25, -0.2) is 9.97 Å². The van der Waals surface area contributed by atoms with E-state index < -0.39 is 0 Å². The molecule has 2 aliphatic rings. The first-order valence-corrected chi connectivity index (χ1v) is 10.2. The van der Waals surface area contributed by atoms with E-state index >= 15 is 0 Å². The third-order valence-corrected chi connectivity index (χ3v) is 5.81. The molecule has 0 amide bonds. The number of oxazole rings is 1. The Labute approximate surface area is 160 Å². The van der Waals surface area contributed by atoms with E-state index in [-0.39, 0.29) is 11.0 Å². The lowest BCUT2D eigenvalue weighted by Crippen LogP contribution is -2.36. The van der Waals surface area contributed by atoms with E-state index in [1.807, 2.05) is 0 Å². The average molecular weight is 370 g/mol. The Morgan fingerprint density at radius 3 is 2.67 bits per heavy atom. The van der Waals surface area contributed by atoms with Crippen LogP contribution in [0.5, 0.6) is 0 Å². The molecule has 0 spiro atoms. The highest BCUT2D eigenvalue weighted by Crippen LogP contribution is 2.25. The van der Waals surface area contributed by atoms with Crippen molar-refractivity contribution in [2.45, 2.75) is 71.4 Å². The summed E-state index contributed by atoms with van der Waals surface area (Å²) >= 11 is 0. The van der Waals surface area contributed by atoms with Crippen LogP contribution in [0.3, 0.4) is 0 Å². The third kappa shape index (κ3) is 4.15. The predicted octanol–water partition coefficient (Wildman–Crippen LogP) is 2.93. The summed E-state index contributed by atoms with van der Waals surface area (Å²) in [7, 11) is 0. The molecule has 0 saturated carbocycles. The molecule has 1 aliphatic carbocycles. The summed E-state index contributed by atoms with van der Waals surface area (Å²) in [6, 6.07) is 1.69. The largest absolute Gasteiger partial charge is 0.444 e. The van der Waals surface area contributed by atoms with Gasteiger partial charge in [-0.1, -0.05) is 20.8 Å². The van der Waals surface area contributed by atoms with E-state index in [1.165, 1.54) is 12.1 Å². The number of hydrogen-bond acceptors (Lipinski definition) is 5. The maximum Gasteiger partial charge on any atom is 0.253 e. The van der Waals surface area contributed by atoms with Crippen LogP contribution >= 0.6 is 0 Å². The molecule has 4 rings (SSSR count). The summed E-state index contributed by atoms with van der Waals surface area (Å²) in [4.78, 5) is 24.0. The Bertz CT molecular complexity index is 832. The Kier molecular flexibility index (Phi) is 4.93. The molecule has 0 bridgehead atoms. The molecule has 0 radical (unpaired) electrons. The van der Waals surface area contributed by atoms with Crippen molar-refractivity contribution in [3.8, 4) is 0 Å². The Hall–Kier alpha value is -1.95. The number of fused-ring (bicyclic) bond motifs is 1. The first-order chi connectivity index (χ1) is 12.9. The van der Waals surface area contributed by atoms with E-state index in [9.17, 15) is 4.79 Å². The van der Waals surface area contributed by atoms with E-state index in [4.69, 9.17) is 4.42 Å². The molecule has 0 N–H and O–H groups in total. The van der Waals surface area contributed by atoms with Crippen LogP contribution in [0.1, 0.15) is 63.1 Å². The molecule has 27 heavy (non-hydrogen) atoms. The standard InChI is InChI=1S/C21H30N4O2/c1-21(2,3)18-11-20(26)25(14-22-18)12-15-7-9-24(10-8-15)13-19-23-16-5-4-6-17(16)27-19/h11,14-15H,4-10,12-13H2,1-3H3. The molecule has 2 aromatic rings. The van der Waals surface area contributed by atoms with Crippen LogP contribution in [0.25, 0.3) is 0 Å². The third-order valence-electron chi connectivity index (χ3n) is 5.81. The van der Waals surface area contributed by atoms with E-state index in [1.54, 1.807) is 17.0 Å². The molecule has 6 heteroatoms. The van der Waals surface area contributed by atoms with Gasteiger partial charge in [0.25, 0.3) is 5.56 Å². The van der Waals surface area contributed by atoms with Gasteiger partial charge in [-0.15, -0.1) is 0 Å². The highest BCUT2D eigenvalue weighted by atomic mass is 16.4. The first-order valence-electron chi connectivity index (χ1n) is 10.2. The summed E-state index contributed by atoms with van der Waals surface area (Å²) in [6.45, 7) is 9.87. The van der Waals surface area contributed by atoms with Crippen LogP contribution in [0, 0.1) is 5.92 Å². The van der Waals surface area contributed by atoms with Crippen LogP contribution in [0.15, 0.2) is 21.6 Å².